The molecule has 0 aliphatic carbocycles. The van der Waals surface area contributed by atoms with Crippen LogP contribution in [0.1, 0.15) is 30.5 Å². The first kappa shape index (κ1) is 24.3. The van der Waals surface area contributed by atoms with E-state index >= 15 is 0 Å². The van der Waals surface area contributed by atoms with Gasteiger partial charge in [0.1, 0.15) is 23.1 Å². The molecule has 1 fully saturated rings. The third-order valence-corrected chi connectivity index (χ3v) is 5.94. The van der Waals surface area contributed by atoms with Gasteiger partial charge in [-0.3, -0.25) is 14.5 Å². The third kappa shape index (κ3) is 4.72. The van der Waals surface area contributed by atoms with E-state index in [1.807, 2.05) is 6.92 Å². The van der Waals surface area contributed by atoms with Gasteiger partial charge in [0.2, 0.25) is 0 Å². The molecule has 0 radical (unpaired) electrons. The summed E-state index contributed by atoms with van der Waals surface area (Å²) >= 11 is 6.28. The van der Waals surface area contributed by atoms with Gasteiger partial charge in [-0.25, -0.2) is 4.39 Å². The van der Waals surface area contributed by atoms with E-state index in [9.17, 15) is 19.1 Å². The number of ether oxygens (including phenoxy) is 2. The molecule has 1 N–H and O–H groups in total. The molecule has 0 bridgehead atoms. The fourth-order valence-corrected chi connectivity index (χ4v) is 4.20. The van der Waals surface area contributed by atoms with Gasteiger partial charge >= 0.3 is 0 Å². The maximum Gasteiger partial charge on any atom is 0.300 e. The number of rotatable bonds is 7. The normalized spacial score (nSPS) is 17.0. The molecule has 1 atom stereocenters. The minimum Gasteiger partial charge on any atom is -0.507 e. The van der Waals surface area contributed by atoms with Crippen molar-refractivity contribution in [3.63, 3.8) is 0 Å². The lowest BCUT2D eigenvalue weighted by molar-refractivity contribution is -0.132. The zero-order valence-electron chi connectivity index (χ0n) is 19.1. The van der Waals surface area contributed by atoms with Crippen LogP contribution in [-0.2, 0) is 9.59 Å². The highest BCUT2D eigenvalue weighted by Crippen LogP contribution is 2.43. The maximum absolute atomic E-state index is 13.7. The molecular formula is C27H23ClFNO5. The van der Waals surface area contributed by atoms with E-state index in [0.29, 0.717) is 34.9 Å². The summed E-state index contributed by atoms with van der Waals surface area (Å²) in [6.07, 6.45) is 0.845. The van der Waals surface area contributed by atoms with Gasteiger partial charge in [0, 0.05) is 11.3 Å². The summed E-state index contributed by atoms with van der Waals surface area (Å²) in [5, 5.41) is 11.4. The first-order chi connectivity index (χ1) is 16.8. The van der Waals surface area contributed by atoms with Crippen molar-refractivity contribution in [1.29, 1.82) is 0 Å². The standard InChI is InChI=1S/C27H23ClFNO5/c1-3-14-35-20-11-6-17(7-12-20)25(31)23-24(16-4-8-18(29)9-5-16)30(27(33)26(23)32)19-10-13-22(34-2)21(28)15-19/h4-13,15,24,31H,3,14H2,1-2H3/b25-23+. The van der Waals surface area contributed by atoms with Gasteiger partial charge < -0.3 is 14.6 Å². The van der Waals surface area contributed by atoms with E-state index in [0.717, 1.165) is 6.42 Å². The molecule has 0 aromatic heterocycles. The number of aliphatic hydroxyl groups excluding tert-OH is 1. The van der Waals surface area contributed by atoms with E-state index < -0.39 is 23.5 Å². The molecule has 0 saturated carbocycles. The molecule has 4 rings (SSSR count). The molecule has 0 spiro atoms. The van der Waals surface area contributed by atoms with Gasteiger partial charge in [-0.15, -0.1) is 0 Å². The predicted molar refractivity (Wildman–Crippen MR) is 131 cm³/mol. The number of amides is 1. The van der Waals surface area contributed by atoms with Crippen LogP contribution in [0.5, 0.6) is 11.5 Å². The lowest BCUT2D eigenvalue weighted by Crippen LogP contribution is -2.29. The number of ketones is 1. The predicted octanol–water partition coefficient (Wildman–Crippen LogP) is 5.90. The van der Waals surface area contributed by atoms with E-state index in [1.54, 1.807) is 36.4 Å². The van der Waals surface area contributed by atoms with Gasteiger partial charge in [-0.05, 0) is 66.6 Å². The average molecular weight is 496 g/mol. The molecule has 3 aromatic carbocycles. The summed E-state index contributed by atoms with van der Waals surface area (Å²) in [4.78, 5) is 27.6. The summed E-state index contributed by atoms with van der Waals surface area (Å²) in [6, 6.07) is 15.6. The molecule has 1 amide bonds. The molecule has 8 heteroatoms. The number of anilines is 1. The molecule has 3 aromatic rings. The van der Waals surface area contributed by atoms with Gasteiger partial charge in [-0.1, -0.05) is 30.7 Å². The molecule has 180 valence electrons. The number of hydrogen-bond donors (Lipinski definition) is 1. The SMILES string of the molecule is CCCOc1ccc(/C(O)=C2\C(=O)C(=O)N(c3ccc(OC)c(Cl)c3)C2c2ccc(F)cc2)cc1. The van der Waals surface area contributed by atoms with E-state index in [4.69, 9.17) is 21.1 Å². The monoisotopic (exact) mass is 495 g/mol. The molecule has 35 heavy (non-hydrogen) atoms. The number of Topliss-reactive ketones (excluding diaryl/α,β-unsaturated/α-hetero) is 1. The van der Waals surface area contributed by atoms with Gasteiger partial charge in [0.05, 0.1) is 30.4 Å². The number of aliphatic hydroxyl groups is 1. The van der Waals surface area contributed by atoms with Gasteiger partial charge in [0.15, 0.2) is 0 Å². The third-order valence-electron chi connectivity index (χ3n) is 5.64. The lowest BCUT2D eigenvalue weighted by Gasteiger charge is -2.26. The lowest BCUT2D eigenvalue weighted by atomic mass is 9.95. The Balaban J connectivity index is 1.85. The highest BCUT2D eigenvalue weighted by molar-refractivity contribution is 6.51. The van der Waals surface area contributed by atoms with Crippen LogP contribution in [0.4, 0.5) is 10.1 Å². The van der Waals surface area contributed by atoms with Crippen LogP contribution in [0, 0.1) is 5.82 Å². The fraction of sp³-hybridized carbons (Fsp3) is 0.185. The number of halogens is 2. The van der Waals surface area contributed by atoms with Gasteiger partial charge in [0.25, 0.3) is 11.7 Å². The van der Waals surface area contributed by atoms with Crippen LogP contribution in [0.3, 0.4) is 0 Å². The molecular weight excluding hydrogens is 473 g/mol. The van der Waals surface area contributed by atoms with Crippen LogP contribution in [0.2, 0.25) is 5.02 Å². The number of carbonyl (C=O) groups is 2. The first-order valence-corrected chi connectivity index (χ1v) is 11.4. The van der Waals surface area contributed by atoms with Crippen molar-refractivity contribution in [2.24, 2.45) is 0 Å². The fourth-order valence-electron chi connectivity index (χ4n) is 3.95. The van der Waals surface area contributed by atoms with Crippen molar-refractivity contribution >= 4 is 34.7 Å². The zero-order chi connectivity index (χ0) is 25.1. The quantitative estimate of drug-likeness (QED) is 0.251. The van der Waals surface area contributed by atoms with Crippen molar-refractivity contribution in [1.82, 2.24) is 0 Å². The minimum atomic E-state index is -1.00. The first-order valence-electron chi connectivity index (χ1n) is 11.0. The Morgan fingerprint density at radius 1 is 1.06 bits per heavy atom. The second-order valence-electron chi connectivity index (χ2n) is 7.91. The van der Waals surface area contributed by atoms with E-state index in [2.05, 4.69) is 0 Å². The van der Waals surface area contributed by atoms with Crippen LogP contribution in [0.25, 0.3) is 5.76 Å². The van der Waals surface area contributed by atoms with Gasteiger partial charge in [-0.2, -0.15) is 0 Å². The van der Waals surface area contributed by atoms with Crippen molar-refractivity contribution in [2.75, 3.05) is 18.6 Å². The maximum atomic E-state index is 13.7. The van der Waals surface area contributed by atoms with E-state index in [1.165, 1.54) is 42.3 Å². The van der Waals surface area contributed by atoms with Crippen molar-refractivity contribution in [3.05, 3.63) is 94.3 Å². The van der Waals surface area contributed by atoms with Crippen LogP contribution in [0.15, 0.2) is 72.3 Å². The Morgan fingerprint density at radius 3 is 2.34 bits per heavy atom. The number of nitrogens with zero attached hydrogens (tertiary/aromatic N) is 1. The Labute approximate surface area is 207 Å². The topological polar surface area (TPSA) is 76.1 Å². The highest BCUT2D eigenvalue weighted by Gasteiger charge is 2.47. The summed E-state index contributed by atoms with van der Waals surface area (Å²) in [6.45, 7) is 2.54. The van der Waals surface area contributed by atoms with Crippen molar-refractivity contribution < 1.29 is 28.6 Å². The second kappa shape index (κ2) is 10.2. The Kier molecular flexibility index (Phi) is 7.07. The van der Waals surface area contributed by atoms with Crippen LogP contribution in [-0.4, -0.2) is 30.5 Å². The number of hydrogen-bond acceptors (Lipinski definition) is 5. The second-order valence-corrected chi connectivity index (χ2v) is 8.32. The average Bonchev–Trinajstić information content (AvgIpc) is 3.13. The number of methoxy groups -OCH3 is 1. The Hall–Kier alpha value is -3.84. The molecule has 1 aliphatic heterocycles. The molecule has 1 saturated heterocycles. The minimum absolute atomic E-state index is 0.115. The Morgan fingerprint density at radius 2 is 1.74 bits per heavy atom. The summed E-state index contributed by atoms with van der Waals surface area (Å²) in [5.74, 6) is -1.51. The smallest absolute Gasteiger partial charge is 0.300 e. The summed E-state index contributed by atoms with van der Waals surface area (Å²) < 4.78 is 24.4. The molecule has 6 nitrogen and oxygen atoms in total. The summed E-state index contributed by atoms with van der Waals surface area (Å²) in [5.41, 5.74) is 0.999. The summed E-state index contributed by atoms with van der Waals surface area (Å²) in [7, 11) is 1.46. The zero-order valence-corrected chi connectivity index (χ0v) is 19.9. The highest BCUT2D eigenvalue weighted by atomic mass is 35.5. The Bertz CT molecular complexity index is 1290. The van der Waals surface area contributed by atoms with Crippen molar-refractivity contribution in [3.8, 4) is 11.5 Å². The largest absolute Gasteiger partial charge is 0.507 e. The molecule has 1 aliphatic rings. The van der Waals surface area contributed by atoms with Crippen molar-refractivity contribution in [2.45, 2.75) is 19.4 Å². The molecule has 1 unspecified atom stereocenters. The van der Waals surface area contributed by atoms with Crippen LogP contribution >= 0.6 is 11.6 Å². The van der Waals surface area contributed by atoms with Crippen LogP contribution < -0.4 is 14.4 Å². The molecule has 1 heterocycles. The number of benzene rings is 3. The van der Waals surface area contributed by atoms with E-state index in [-0.39, 0.29) is 16.4 Å². The number of carbonyl (C=O) groups excluding carboxylic acids is 2.